The number of carboxylic acid groups (broad SMARTS) is 1. The highest BCUT2D eigenvalue weighted by Crippen LogP contribution is 2.21. The largest absolute Gasteiger partial charge is 0.478 e. The summed E-state index contributed by atoms with van der Waals surface area (Å²) in [6.07, 6.45) is 3.43. The Morgan fingerprint density at radius 3 is 3.00 bits per heavy atom. The number of anilines is 1. The molecule has 1 aromatic rings. The van der Waals surface area contributed by atoms with Crippen LogP contribution in [0.5, 0.6) is 0 Å². The lowest BCUT2D eigenvalue weighted by atomic mass is 10.1. The first-order valence-corrected chi connectivity index (χ1v) is 6.65. The van der Waals surface area contributed by atoms with Gasteiger partial charge in [0.25, 0.3) is 0 Å². The van der Waals surface area contributed by atoms with E-state index < -0.39 is 5.97 Å². The molecule has 1 atom stereocenters. The van der Waals surface area contributed by atoms with Gasteiger partial charge in [-0.3, -0.25) is 4.98 Å². The summed E-state index contributed by atoms with van der Waals surface area (Å²) in [5.41, 5.74) is 2.28. The van der Waals surface area contributed by atoms with Gasteiger partial charge < -0.3 is 15.2 Å². The highest BCUT2D eigenvalue weighted by atomic mass is 16.5. The quantitative estimate of drug-likeness (QED) is 0.854. The zero-order valence-corrected chi connectivity index (χ0v) is 11.4. The number of carboxylic acids is 1. The summed E-state index contributed by atoms with van der Waals surface area (Å²) in [7, 11) is 0. The smallest absolute Gasteiger partial charge is 0.339 e. The molecule has 1 unspecified atom stereocenters. The number of aromatic carboxylic acids is 1. The van der Waals surface area contributed by atoms with Gasteiger partial charge in [-0.05, 0) is 39.2 Å². The third-order valence-electron chi connectivity index (χ3n) is 3.35. The maximum absolute atomic E-state index is 11.3. The van der Waals surface area contributed by atoms with Gasteiger partial charge in [0.2, 0.25) is 0 Å². The Bertz CT molecular complexity index is 468. The predicted molar refractivity (Wildman–Crippen MR) is 72.8 cm³/mol. The van der Waals surface area contributed by atoms with Crippen molar-refractivity contribution in [2.24, 2.45) is 0 Å². The minimum atomic E-state index is -0.940. The van der Waals surface area contributed by atoms with Crippen LogP contribution in [0.4, 0.5) is 5.69 Å². The van der Waals surface area contributed by atoms with Crippen molar-refractivity contribution in [3.05, 3.63) is 23.0 Å². The van der Waals surface area contributed by atoms with Gasteiger partial charge in [-0.2, -0.15) is 0 Å². The molecule has 5 nitrogen and oxygen atoms in total. The molecular weight excluding hydrogens is 244 g/mol. The molecule has 1 aromatic heterocycles. The predicted octanol–water partition coefficient (Wildman–Crippen LogP) is 2.38. The molecule has 2 heterocycles. The Kier molecular flexibility index (Phi) is 4.37. The first kappa shape index (κ1) is 13.8. The standard InChI is InChI=1S/C14H20N2O3/c1-9-8-12(13(14(17)18)10(2)16-9)15-6-5-11-4-3-7-19-11/h8,11H,3-7H2,1-2H3,(H,15,16)(H,17,18). The van der Waals surface area contributed by atoms with E-state index in [1.54, 1.807) is 13.0 Å². The summed E-state index contributed by atoms with van der Waals surface area (Å²) in [5, 5.41) is 12.4. The Morgan fingerprint density at radius 2 is 2.37 bits per heavy atom. The zero-order valence-electron chi connectivity index (χ0n) is 11.4. The number of pyridine rings is 1. The molecule has 1 aliphatic rings. The number of carbonyl (C=O) groups is 1. The van der Waals surface area contributed by atoms with Crippen LogP contribution >= 0.6 is 0 Å². The molecule has 0 aliphatic carbocycles. The number of hydrogen-bond donors (Lipinski definition) is 2. The van der Waals surface area contributed by atoms with Crippen LogP contribution in [-0.4, -0.2) is 35.3 Å². The fraction of sp³-hybridized carbons (Fsp3) is 0.571. The fourth-order valence-electron chi connectivity index (χ4n) is 2.48. The van der Waals surface area contributed by atoms with E-state index in [1.165, 1.54) is 0 Å². The fourth-order valence-corrected chi connectivity index (χ4v) is 2.48. The van der Waals surface area contributed by atoms with E-state index in [4.69, 9.17) is 4.74 Å². The average molecular weight is 264 g/mol. The number of rotatable bonds is 5. The van der Waals surface area contributed by atoms with Crippen molar-refractivity contribution in [2.75, 3.05) is 18.5 Å². The lowest BCUT2D eigenvalue weighted by Gasteiger charge is -2.14. The normalized spacial score (nSPS) is 18.5. The highest BCUT2D eigenvalue weighted by Gasteiger charge is 2.17. The van der Waals surface area contributed by atoms with Gasteiger partial charge in [0.05, 0.1) is 17.5 Å². The van der Waals surface area contributed by atoms with Crippen LogP contribution in [-0.2, 0) is 4.74 Å². The van der Waals surface area contributed by atoms with Crippen LogP contribution in [0.15, 0.2) is 6.07 Å². The summed E-state index contributed by atoms with van der Waals surface area (Å²) in [5.74, 6) is -0.940. The van der Waals surface area contributed by atoms with Crippen molar-refractivity contribution in [2.45, 2.75) is 39.2 Å². The molecule has 2 rings (SSSR count). The van der Waals surface area contributed by atoms with E-state index in [1.807, 2.05) is 6.92 Å². The lowest BCUT2D eigenvalue weighted by molar-refractivity contribution is 0.0696. The van der Waals surface area contributed by atoms with Gasteiger partial charge in [0.1, 0.15) is 5.56 Å². The van der Waals surface area contributed by atoms with Crippen LogP contribution in [0.25, 0.3) is 0 Å². The zero-order chi connectivity index (χ0) is 13.8. The van der Waals surface area contributed by atoms with Gasteiger partial charge in [-0.1, -0.05) is 0 Å². The molecule has 1 aliphatic heterocycles. The Balaban J connectivity index is 2.03. The van der Waals surface area contributed by atoms with E-state index in [2.05, 4.69) is 10.3 Å². The molecule has 0 radical (unpaired) electrons. The monoisotopic (exact) mass is 264 g/mol. The van der Waals surface area contributed by atoms with Crippen molar-refractivity contribution >= 4 is 11.7 Å². The second-order valence-corrected chi connectivity index (χ2v) is 4.93. The van der Waals surface area contributed by atoms with E-state index in [0.29, 0.717) is 24.0 Å². The molecule has 5 heteroatoms. The van der Waals surface area contributed by atoms with Crippen LogP contribution in [0.3, 0.4) is 0 Å². The van der Waals surface area contributed by atoms with Gasteiger partial charge in [-0.25, -0.2) is 4.79 Å². The first-order chi connectivity index (χ1) is 9.08. The van der Waals surface area contributed by atoms with Crippen LogP contribution in [0.1, 0.15) is 41.0 Å². The molecule has 0 bridgehead atoms. The minimum absolute atomic E-state index is 0.262. The van der Waals surface area contributed by atoms with E-state index in [-0.39, 0.29) is 5.56 Å². The summed E-state index contributed by atoms with van der Waals surface area (Å²) < 4.78 is 5.55. The topological polar surface area (TPSA) is 71.5 Å². The van der Waals surface area contributed by atoms with E-state index in [9.17, 15) is 9.90 Å². The number of aromatic nitrogens is 1. The molecule has 104 valence electrons. The Morgan fingerprint density at radius 1 is 1.58 bits per heavy atom. The van der Waals surface area contributed by atoms with Crippen molar-refractivity contribution in [3.8, 4) is 0 Å². The number of aryl methyl sites for hydroxylation is 2. The summed E-state index contributed by atoms with van der Waals surface area (Å²) in [6.45, 7) is 5.15. The Hall–Kier alpha value is -1.62. The van der Waals surface area contributed by atoms with Gasteiger partial charge >= 0.3 is 5.97 Å². The number of nitrogens with one attached hydrogen (secondary N) is 1. The van der Waals surface area contributed by atoms with E-state index >= 15 is 0 Å². The maximum atomic E-state index is 11.3. The first-order valence-electron chi connectivity index (χ1n) is 6.65. The molecule has 0 amide bonds. The van der Waals surface area contributed by atoms with Gasteiger partial charge in [0.15, 0.2) is 0 Å². The third-order valence-corrected chi connectivity index (χ3v) is 3.35. The molecular formula is C14H20N2O3. The average Bonchev–Trinajstić information content (AvgIpc) is 2.80. The summed E-state index contributed by atoms with van der Waals surface area (Å²) in [6, 6.07) is 1.78. The van der Waals surface area contributed by atoms with Crippen LogP contribution in [0, 0.1) is 13.8 Å². The highest BCUT2D eigenvalue weighted by molar-refractivity contribution is 5.95. The van der Waals surface area contributed by atoms with Gasteiger partial charge in [-0.15, -0.1) is 0 Å². The number of nitrogens with zero attached hydrogens (tertiary/aromatic N) is 1. The number of hydrogen-bond acceptors (Lipinski definition) is 4. The third kappa shape index (κ3) is 3.44. The van der Waals surface area contributed by atoms with E-state index in [0.717, 1.165) is 31.6 Å². The molecule has 0 saturated carbocycles. The molecule has 2 N–H and O–H groups in total. The van der Waals surface area contributed by atoms with Crippen LogP contribution in [0.2, 0.25) is 0 Å². The minimum Gasteiger partial charge on any atom is -0.478 e. The van der Waals surface area contributed by atoms with Crippen molar-refractivity contribution < 1.29 is 14.6 Å². The van der Waals surface area contributed by atoms with Crippen molar-refractivity contribution in [3.63, 3.8) is 0 Å². The second-order valence-electron chi connectivity index (χ2n) is 4.93. The summed E-state index contributed by atoms with van der Waals surface area (Å²) >= 11 is 0. The van der Waals surface area contributed by atoms with Crippen molar-refractivity contribution in [1.29, 1.82) is 0 Å². The molecule has 1 saturated heterocycles. The summed E-state index contributed by atoms with van der Waals surface area (Å²) in [4.78, 5) is 15.5. The van der Waals surface area contributed by atoms with Gasteiger partial charge in [0, 0.05) is 18.8 Å². The molecule has 19 heavy (non-hydrogen) atoms. The Labute approximate surface area is 113 Å². The molecule has 1 fully saturated rings. The van der Waals surface area contributed by atoms with Crippen LogP contribution < -0.4 is 5.32 Å². The van der Waals surface area contributed by atoms with Crippen molar-refractivity contribution in [1.82, 2.24) is 4.98 Å². The SMILES string of the molecule is Cc1cc(NCCC2CCCO2)c(C(=O)O)c(C)n1. The lowest BCUT2D eigenvalue weighted by Crippen LogP contribution is -2.15. The maximum Gasteiger partial charge on any atom is 0.339 e. The second kappa shape index (κ2) is 6.02. The molecule has 0 spiro atoms. The number of ether oxygens (including phenoxy) is 1. The molecule has 0 aromatic carbocycles.